The zero-order valence-electron chi connectivity index (χ0n) is 11.7. The average Bonchev–Trinajstić information content (AvgIpc) is 2.35. The molecule has 20 heavy (non-hydrogen) atoms. The number of ether oxygens (including phenoxy) is 1. The van der Waals surface area contributed by atoms with E-state index in [4.69, 9.17) is 10.5 Å². The summed E-state index contributed by atoms with van der Waals surface area (Å²) in [6.07, 6.45) is 1.66. The van der Waals surface area contributed by atoms with Gasteiger partial charge >= 0.3 is 5.97 Å². The molecule has 0 aromatic heterocycles. The Bertz CT molecular complexity index is 570. The number of sulfone groups is 1. The molecule has 0 heterocycles. The van der Waals surface area contributed by atoms with E-state index in [9.17, 15) is 13.2 Å². The molecule has 1 aromatic carbocycles. The monoisotopic (exact) mass is 300 g/mol. The van der Waals surface area contributed by atoms with Gasteiger partial charge in [0.15, 0.2) is 0 Å². The van der Waals surface area contributed by atoms with E-state index in [-0.39, 0.29) is 12.4 Å². The number of anilines is 2. The molecule has 0 unspecified atom stereocenters. The van der Waals surface area contributed by atoms with Gasteiger partial charge in [-0.2, -0.15) is 0 Å². The number of carbonyl (C=O) groups excluding carboxylic acids is 1. The number of hydrogen-bond donors (Lipinski definition) is 2. The molecule has 0 saturated heterocycles. The molecule has 0 fully saturated rings. The number of benzene rings is 1. The lowest BCUT2D eigenvalue weighted by atomic mass is 10.1. The predicted octanol–water partition coefficient (Wildman–Crippen LogP) is 1.29. The van der Waals surface area contributed by atoms with E-state index in [1.807, 2.05) is 0 Å². The average molecular weight is 300 g/mol. The maximum Gasteiger partial charge on any atom is 0.340 e. The van der Waals surface area contributed by atoms with Gasteiger partial charge in [0.25, 0.3) is 0 Å². The van der Waals surface area contributed by atoms with Crippen LogP contribution in [0, 0.1) is 0 Å². The van der Waals surface area contributed by atoms with Crippen LogP contribution < -0.4 is 11.1 Å². The van der Waals surface area contributed by atoms with Crippen molar-refractivity contribution in [1.82, 2.24) is 0 Å². The Balaban J connectivity index is 2.71. The van der Waals surface area contributed by atoms with E-state index in [2.05, 4.69) is 5.32 Å². The predicted molar refractivity (Wildman–Crippen MR) is 79.6 cm³/mol. The quantitative estimate of drug-likeness (QED) is 0.447. The van der Waals surface area contributed by atoms with E-state index < -0.39 is 15.8 Å². The largest absolute Gasteiger partial charge is 0.462 e. The molecule has 0 spiro atoms. The lowest BCUT2D eigenvalue weighted by Crippen LogP contribution is -2.13. The summed E-state index contributed by atoms with van der Waals surface area (Å²) in [7, 11) is -2.97. The van der Waals surface area contributed by atoms with Gasteiger partial charge in [0.2, 0.25) is 0 Å². The molecule has 0 saturated carbocycles. The number of hydrogen-bond acceptors (Lipinski definition) is 6. The first-order chi connectivity index (χ1) is 9.33. The van der Waals surface area contributed by atoms with E-state index in [1.165, 1.54) is 12.3 Å². The van der Waals surface area contributed by atoms with Gasteiger partial charge in [-0.05, 0) is 31.5 Å². The number of carbonyl (C=O) groups is 1. The van der Waals surface area contributed by atoms with Crippen molar-refractivity contribution in [2.75, 3.05) is 36.2 Å². The zero-order chi connectivity index (χ0) is 15.2. The molecule has 0 atom stereocenters. The summed E-state index contributed by atoms with van der Waals surface area (Å²) >= 11 is 0. The standard InChI is InChI=1S/C13H20N2O4S/c1-3-19-13(16)11-9-10(14)5-6-12(11)15-7-4-8-20(2,17)18/h5-6,9,15H,3-4,7-8,14H2,1-2H3. The Labute approximate surface area is 119 Å². The van der Waals surface area contributed by atoms with E-state index >= 15 is 0 Å². The van der Waals surface area contributed by atoms with Gasteiger partial charge in [0.1, 0.15) is 9.84 Å². The second-order valence-corrected chi connectivity index (χ2v) is 6.70. The third kappa shape index (κ3) is 5.48. The van der Waals surface area contributed by atoms with Gasteiger partial charge in [0.05, 0.1) is 17.9 Å². The van der Waals surface area contributed by atoms with Crippen molar-refractivity contribution in [3.05, 3.63) is 23.8 Å². The second kappa shape index (κ2) is 7.14. The summed E-state index contributed by atoms with van der Waals surface area (Å²) in [6.45, 7) is 2.45. The highest BCUT2D eigenvalue weighted by atomic mass is 32.2. The lowest BCUT2D eigenvalue weighted by Gasteiger charge is -2.12. The van der Waals surface area contributed by atoms with Crippen LogP contribution in [0.4, 0.5) is 11.4 Å². The van der Waals surface area contributed by atoms with Crippen LogP contribution in [0.15, 0.2) is 18.2 Å². The molecule has 1 aromatic rings. The van der Waals surface area contributed by atoms with E-state index in [0.717, 1.165) is 0 Å². The van der Waals surface area contributed by atoms with Crippen LogP contribution in [-0.4, -0.2) is 39.5 Å². The molecule has 6 nitrogen and oxygen atoms in total. The highest BCUT2D eigenvalue weighted by Gasteiger charge is 2.13. The van der Waals surface area contributed by atoms with Gasteiger partial charge in [0, 0.05) is 24.2 Å². The Morgan fingerprint density at radius 2 is 2.10 bits per heavy atom. The van der Waals surface area contributed by atoms with Crippen molar-refractivity contribution >= 4 is 27.2 Å². The van der Waals surface area contributed by atoms with Crippen molar-refractivity contribution < 1.29 is 17.9 Å². The molecule has 3 N–H and O–H groups in total. The first-order valence-electron chi connectivity index (χ1n) is 6.31. The zero-order valence-corrected chi connectivity index (χ0v) is 12.5. The molecular formula is C13H20N2O4S. The van der Waals surface area contributed by atoms with Gasteiger partial charge in [-0.3, -0.25) is 0 Å². The number of nitrogen functional groups attached to an aromatic ring is 1. The topological polar surface area (TPSA) is 98.5 Å². The normalized spacial score (nSPS) is 11.1. The maximum absolute atomic E-state index is 11.8. The molecule has 1 rings (SSSR count). The molecule has 0 bridgehead atoms. The molecule has 0 aliphatic rings. The fourth-order valence-electron chi connectivity index (χ4n) is 1.65. The molecular weight excluding hydrogens is 280 g/mol. The van der Waals surface area contributed by atoms with Crippen molar-refractivity contribution in [3.63, 3.8) is 0 Å². The summed E-state index contributed by atoms with van der Waals surface area (Å²) in [6, 6.07) is 4.89. The third-order valence-corrected chi connectivity index (χ3v) is 3.58. The minimum atomic E-state index is -2.97. The van der Waals surface area contributed by atoms with Crippen LogP contribution >= 0.6 is 0 Å². The van der Waals surface area contributed by atoms with Crippen molar-refractivity contribution in [2.45, 2.75) is 13.3 Å². The second-order valence-electron chi connectivity index (χ2n) is 4.44. The first kappa shape index (κ1) is 16.3. The minimum absolute atomic E-state index is 0.101. The number of nitrogens with one attached hydrogen (secondary N) is 1. The van der Waals surface area contributed by atoms with Crippen LogP contribution in [0.3, 0.4) is 0 Å². The molecule has 0 amide bonds. The van der Waals surface area contributed by atoms with Crippen molar-refractivity contribution in [2.24, 2.45) is 0 Å². The first-order valence-corrected chi connectivity index (χ1v) is 8.38. The molecule has 112 valence electrons. The Kier molecular flexibility index (Phi) is 5.82. The SMILES string of the molecule is CCOC(=O)c1cc(N)ccc1NCCCS(C)(=O)=O. The van der Waals surface area contributed by atoms with Gasteiger partial charge < -0.3 is 15.8 Å². The molecule has 0 radical (unpaired) electrons. The van der Waals surface area contributed by atoms with Crippen LogP contribution in [-0.2, 0) is 14.6 Å². The number of esters is 1. The number of nitrogens with two attached hydrogens (primary N) is 1. The van der Waals surface area contributed by atoms with E-state index in [0.29, 0.717) is 29.9 Å². The van der Waals surface area contributed by atoms with E-state index in [1.54, 1.807) is 19.1 Å². The van der Waals surface area contributed by atoms with Crippen molar-refractivity contribution in [3.8, 4) is 0 Å². The molecule has 0 aliphatic heterocycles. The van der Waals surface area contributed by atoms with Crippen LogP contribution in [0.25, 0.3) is 0 Å². The summed E-state index contributed by atoms with van der Waals surface area (Å²) in [5.74, 6) is -0.352. The number of rotatable bonds is 7. The van der Waals surface area contributed by atoms with Crippen LogP contribution in [0.2, 0.25) is 0 Å². The summed E-state index contributed by atoms with van der Waals surface area (Å²) in [4.78, 5) is 11.8. The third-order valence-electron chi connectivity index (χ3n) is 2.55. The summed E-state index contributed by atoms with van der Waals surface area (Å²) in [5, 5.41) is 3.03. The van der Waals surface area contributed by atoms with Gasteiger partial charge in [-0.15, -0.1) is 0 Å². The Hall–Kier alpha value is -1.76. The fraction of sp³-hybridized carbons (Fsp3) is 0.462. The summed E-state index contributed by atoms with van der Waals surface area (Å²) in [5.41, 5.74) is 7.07. The minimum Gasteiger partial charge on any atom is -0.462 e. The smallest absolute Gasteiger partial charge is 0.340 e. The Morgan fingerprint density at radius 1 is 1.40 bits per heavy atom. The highest BCUT2D eigenvalue weighted by molar-refractivity contribution is 7.90. The summed E-state index contributed by atoms with van der Waals surface area (Å²) < 4.78 is 27.0. The Morgan fingerprint density at radius 3 is 2.70 bits per heavy atom. The molecule has 0 aliphatic carbocycles. The van der Waals surface area contributed by atoms with Gasteiger partial charge in [-0.25, -0.2) is 13.2 Å². The highest BCUT2D eigenvalue weighted by Crippen LogP contribution is 2.20. The fourth-order valence-corrected chi connectivity index (χ4v) is 2.32. The maximum atomic E-state index is 11.8. The lowest BCUT2D eigenvalue weighted by molar-refractivity contribution is 0.0527. The van der Waals surface area contributed by atoms with Crippen LogP contribution in [0.5, 0.6) is 0 Å². The van der Waals surface area contributed by atoms with Crippen molar-refractivity contribution in [1.29, 1.82) is 0 Å². The molecule has 7 heteroatoms. The van der Waals surface area contributed by atoms with Gasteiger partial charge in [-0.1, -0.05) is 0 Å². The van der Waals surface area contributed by atoms with Crippen LogP contribution in [0.1, 0.15) is 23.7 Å².